The Bertz CT molecular complexity index is 1480. The van der Waals surface area contributed by atoms with Crippen molar-refractivity contribution in [3.63, 3.8) is 0 Å². The van der Waals surface area contributed by atoms with Gasteiger partial charge in [-0.2, -0.15) is 0 Å². The molecule has 0 spiro atoms. The summed E-state index contributed by atoms with van der Waals surface area (Å²) in [6.45, 7) is 0.352. The van der Waals surface area contributed by atoms with Crippen molar-refractivity contribution in [3.05, 3.63) is 96.1 Å². The van der Waals surface area contributed by atoms with Gasteiger partial charge >= 0.3 is 5.97 Å². The topological polar surface area (TPSA) is 72.9 Å². The minimum absolute atomic E-state index is 0.00506. The first-order valence-electron chi connectivity index (χ1n) is 10.5. The fourth-order valence-corrected chi connectivity index (χ4v) is 5.61. The van der Waals surface area contributed by atoms with Crippen LogP contribution in [-0.2, 0) is 16.4 Å². The lowest BCUT2D eigenvalue weighted by molar-refractivity contribution is 0.0731. The van der Waals surface area contributed by atoms with Crippen LogP contribution in [0.5, 0.6) is 11.5 Å². The molecule has 5 rings (SSSR count). The van der Waals surface area contributed by atoms with Crippen LogP contribution in [0.25, 0.3) is 10.8 Å². The normalized spacial score (nSPS) is 13.1. The number of hydrogen-bond donors (Lipinski definition) is 0. The SMILES string of the molecule is COc1ccc(S(=O)(=O)N2CCc3ccccc32)cc1C(=O)Oc1ccc2ccccc2c1. The second-order valence-electron chi connectivity index (χ2n) is 7.72. The lowest BCUT2D eigenvalue weighted by atomic mass is 10.1. The van der Waals surface area contributed by atoms with Gasteiger partial charge in [-0.25, -0.2) is 13.2 Å². The maximum Gasteiger partial charge on any atom is 0.347 e. The van der Waals surface area contributed by atoms with E-state index in [9.17, 15) is 13.2 Å². The number of benzene rings is 4. The van der Waals surface area contributed by atoms with E-state index in [1.54, 1.807) is 18.2 Å². The summed E-state index contributed by atoms with van der Waals surface area (Å²) in [4.78, 5) is 13.0. The number of carbonyl (C=O) groups excluding carboxylic acids is 1. The average molecular weight is 460 g/mol. The number of carbonyl (C=O) groups is 1. The first-order chi connectivity index (χ1) is 16.0. The summed E-state index contributed by atoms with van der Waals surface area (Å²) in [6.07, 6.45) is 0.641. The molecule has 0 atom stereocenters. The number of nitrogens with zero attached hydrogens (tertiary/aromatic N) is 1. The largest absolute Gasteiger partial charge is 0.496 e. The van der Waals surface area contributed by atoms with E-state index in [4.69, 9.17) is 9.47 Å². The summed E-state index contributed by atoms with van der Waals surface area (Å²) in [5.74, 6) is -0.0925. The second-order valence-corrected chi connectivity index (χ2v) is 9.58. The summed E-state index contributed by atoms with van der Waals surface area (Å²) in [5.41, 5.74) is 1.68. The van der Waals surface area contributed by atoms with Gasteiger partial charge in [0.1, 0.15) is 17.1 Å². The van der Waals surface area contributed by atoms with Crippen LogP contribution in [0.1, 0.15) is 15.9 Å². The molecule has 1 heterocycles. The molecule has 0 bridgehead atoms. The second kappa shape index (κ2) is 8.26. The van der Waals surface area contributed by atoms with Crippen LogP contribution >= 0.6 is 0 Å². The van der Waals surface area contributed by atoms with Crippen molar-refractivity contribution in [3.8, 4) is 11.5 Å². The molecule has 6 nitrogen and oxygen atoms in total. The number of methoxy groups -OCH3 is 1. The molecule has 0 radical (unpaired) electrons. The Labute approximate surface area is 192 Å². The summed E-state index contributed by atoms with van der Waals surface area (Å²) >= 11 is 0. The highest BCUT2D eigenvalue weighted by molar-refractivity contribution is 7.92. The van der Waals surface area contributed by atoms with E-state index in [2.05, 4.69) is 0 Å². The van der Waals surface area contributed by atoms with Gasteiger partial charge in [-0.15, -0.1) is 0 Å². The number of ether oxygens (including phenoxy) is 2. The Morgan fingerprint density at radius 2 is 1.64 bits per heavy atom. The highest BCUT2D eigenvalue weighted by Crippen LogP contribution is 2.34. The highest BCUT2D eigenvalue weighted by Gasteiger charge is 2.31. The summed E-state index contributed by atoms with van der Waals surface area (Å²) in [6, 6.07) is 24.7. The molecular weight excluding hydrogens is 438 g/mol. The molecule has 33 heavy (non-hydrogen) atoms. The van der Waals surface area contributed by atoms with E-state index in [-0.39, 0.29) is 16.2 Å². The third-order valence-electron chi connectivity index (χ3n) is 5.75. The van der Waals surface area contributed by atoms with Gasteiger partial charge in [0.15, 0.2) is 0 Å². The molecule has 0 fully saturated rings. The number of para-hydroxylation sites is 1. The molecule has 4 aromatic rings. The Kier molecular flexibility index (Phi) is 5.26. The molecule has 1 aliphatic heterocycles. The molecule has 4 aromatic carbocycles. The molecule has 0 saturated heterocycles. The van der Waals surface area contributed by atoms with Crippen LogP contribution < -0.4 is 13.8 Å². The lowest BCUT2D eigenvalue weighted by Gasteiger charge is -2.20. The molecule has 1 aliphatic rings. The highest BCUT2D eigenvalue weighted by atomic mass is 32.2. The van der Waals surface area contributed by atoms with Crippen molar-refractivity contribution in [1.82, 2.24) is 0 Å². The van der Waals surface area contributed by atoms with Crippen molar-refractivity contribution in [2.75, 3.05) is 18.0 Å². The quantitative estimate of drug-likeness (QED) is 0.316. The third kappa shape index (κ3) is 3.81. The first kappa shape index (κ1) is 21.0. The van der Waals surface area contributed by atoms with Gasteiger partial charge in [-0.1, -0.05) is 48.5 Å². The predicted molar refractivity (Wildman–Crippen MR) is 127 cm³/mol. The lowest BCUT2D eigenvalue weighted by Crippen LogP contribution is -2.29. The van der Waals surface area contributed by atoms with Gasteiger partial charge in [0.05, 0.1) is 17.7 Å². The standard InChI is InChI=1S/C26H21NO5S/c1-31-25-13-12-22(33(29,30)27-15-14-19-7-4-5-9-24(19)27)17-23(25)26(28)32-21-11-10-18-6-2-3-8-20(18)16-21/h2-13,16-17H,14-15H2,1H3. The fourth-order valence-electron chi connectivity index (χ4n) is 4.08. The van der Waals surface area contributed by atoms with Crippen LogP contribution in [-0.4, -0.2) is 28.0 Å². The molecule has 0 aromatic heterocycles. The zero-order valence-corrected chi connectivity index (χ0v) is 18.7. The van der Waals surface area contributed by atoms with Gasteiger partial charge in [0.25, 0.3) is 10.0 Å². The number of anilines is 1. The van der Waals surface area contributed by atoms with Gasteiger partial charge in [0.2, 0.25) is 0 Å². The van der Waals surface area contributed by atoms with Crippen molar-refractivity contribution in [2.45, 2.75) is 11.3 Å². The number of rotatable bonds is 5. The van der Waals surface area contributed by atoms with E-state index in [1.807, 2.05) is 48.5 Å². The molecular formula is C26H21NO5S. The Morgan fingerprint density at radius 3 is 2.45 bits per heavy atom. The monoisotopic (exact) mass is 459 g/mol. The molecule has 7 heteroatoms. The van der Waals surface area contributed by atoms with Crippen LogP contribution in [0.2, 0.25) is 0 Å². The minimum Gasteiger partial charge on any atom is -0.496 e. The van der Waals surface area contributed by atoms with Gasteiger partial charge < -0.3 is 9.47 Å². The molecule has 0 aliphatic carbocycles. The zero-order chi connectivity index (χ0) is 23.0. The Morgan fingerprint density at radius 1 is 0.879 bits per heavy atom. The fraction of sp³-hybridized carbons (Fsp3) is 0.115. The van der Waals surface area contributed by atoms with E-state index in [1.165, 1.54) is 29.6 Å². The Balaban J connectivity index is 1.48. The molecule has 0 saturated carbocycles. The van der Waals surface area contributed by atoms with Crippen LogP contribution in [0, 0.1) is 0 Å². The van der Waals surface area contributed by atoms with Crippen LogP contribution in [0.3, 0.4) is 0 Å². The number of fused-ring (bicyclic) bond motifs is 2. The summed E-state index contributed by atoms with van der Waals surface area (Å²) in [7, 11) is -2.44. The van der Waals surface area contributed by atoms with Crippen molar-refractivity contribution >= 4 is 32.5 Å². The molecule has 0 unspecified atom stereocenters. The van der Waals surface area contributed by atoms with E-state index >= 15 is 0 Å². The number of esters is 1. The molecule has 0 N–H and O–H groups in total. The number of hydrogen-bond acceptors (Lipinski definition) is 5. The molecule has 0 amide bonds. The maximum absolute atomic E-state index is 13.4. The van der Waals surface area contributed by atoms with E-state index in [0.717, 1.165) is 16.3 Å². The Hall–Kier alpha value is -3.84. The summed E-state index contributed by atoms with van der Waals surface area (Å²) < 4.78 is 39.1. The zero-order valence-electron chi connectivity index (χ0n) is 17.9. The van der Waals surface area contributed by atoms with Crippen LogP contribution in [0.4, 0.5) is 5.69 Å². The molecule has 166 valence electrons. The van der Waals surface area contributed by atoms with Crippen LogP contribution in [0.15, 0.2) is 89.8 Å². The number of sulfonamides is 1. The average Bonchev–Trinajstić information content (AvgIpc) is 3.28. The minimum atomic E-state index is -3.86. The van der Waals surface area contributed by atoms with Gasteiger partial charge in [0, 0.05) is 6.54 Å². The van der Waals surface area contributed by atoms with E-state index < -0.39 is 16.0 Å². The van der Waals surface area contributed by atoms with Crippen molar-refractivity contribution in [2.24, 2.45) is 0 Å². The maximum atomic E-state index is 13.4. The third-order valence-corrected chi connectivity index (χ3v) is 7.56. The van der Waals surface area contributed by atoms with E-state index in [0.29, 0.717) is 24.4 Å². The van der Waals surface area contributed by atoms with Gasteiger partial charge in [-0.3, -0.25) is 4.31 Å². The first-order valence-corrected chi connectivity index (χ1v) is 11.9. The predicted octanol–water partition coefficient (Wildman–Crippen LogP) is 4.82. The van der Waals surface area contributed by atoms with Gasteiger partial charge in [-0.05, 0) is 59.2 Å². The van der Waals surface area contributed by atoms with Crippen molar-refractivity contribution < 1.29 is 22.7 Å². The van der Waals surface area contributed by atoms with Crippen molar-refractivity contribution in [1.29, 1.82) is 0 Å². The summed E-state index contributed by atoms with van der Waals surface area (Å²) in [5, 5.41) is 1.95. The smallest absolute Gasteiger partial charge is 0.347 e.